The van der Waals surface area contributed by atoms with Gasteiger partial charge in [0.2, 0.25) is 5.91 Å². The van der Waals surface area contributed by atoms with E-state index in [9.17, 15) is 4.79 Å². The predicted octanol–water partition coefficient (Wildman–Crippen LogP) is 3.13. The highest BCUT2D eigenvalue weighted by molar-refractivity contribution is 6.31. The van der Waals surface area contributed by atoms with Gasteiger partial charge in [0.1, 0.15) is 6.61 Å². The first-order chi connectivity index (χ1) is 11.1. The Morgan fingerprint density at radius 1 is 1.22 bits per heavy atom. The van der Waals surface area contributed by atoms with E-state index in [1.807, 2.05) is 18.2 Å². The van der Waals surface area contributed by atoms with Gasteiger partial charge >= 0.3 is 0 Å². The Balaban J connectivity index is 2.03. The number of halogens is 1. The Morgan fingerprint density at radius 2 is 2.00 bits per heavy atom. The van der Waals surface area contributed by atoms with Crippen LogP contribution in [0.2, 0.25) is 5.02 Å². The van der Waals surface area contributed by atoms with Crippen LogP contribution >= 0.6 is 11.6 Å². The molecule has 0 aromatic heterocycles. The molecule has 0 bridgehead atoms. The van der Waals surface area contributed by atoms with Crippen molar-refractivity contribution in [2.45, 2.75) is 6.42 Å². The molecule has 0 saturated heterocycles. The van der Waals surface area contributed by atoms with Crippen molar-refractivity contribution in [2.75, 3.05) is 13.7 Å². The summed E-state index contributed by atoms with van der Waals surface area (Å²) >= 11 is 6.02. The van der Waals surface area contributed by atoms with Crippen molar-refractivity contribution in [2.24, 2.45) is 0 Å². The second-order valence-corrected chi connectivity index (χ2v) is 5.06. The number of hydrogen-bond donors (Lipinski definition) is 0. The van der Waals surface area contributed by atoms with Gasteiger partial charge in [-0.1, -0.05) is 41.6 Å². The number of rotatable bonds is 5. The Bertz CT molecular complexity index is 762. The fraction of sp³-hybridized carbons (Fsp3) is 0.167. The fourth-order valence-corrected chi connectivity index (χ4v) is 2.12. The number of ether oxygens (including phenoxy) is 2. The van der Waals surface area contributed by atoms with E-state index in [0.29, 0.717) is 22.1 Å². The largest absolute Gasteiger partial charge is 0.493 e. The number of benzene rings is 2. The van der Waals surface area contributed by atoms with Gasteiger partial charge in [-0.15, -0.1) is 0 Å². The molecule has 2 aromatic carbocycles. The molecule has 23 heavy (non-hydrogen) atoms. The van der Waals surface area contributed by atoms with E-state index in [1.54, 1.807) is 24.3 Å². The van der Waals surface area contributed by atoms with Crippen LogP contribution in [0.1, 0.15) is 11.1 Å². The van der Waals surface area contributed by atoms with Gasteiger partial charge in [0.25, 0.3) is 0 Å². The Labute approximate surface area is 140 Å². The lowest BCUT2D eigenvalue weighted by atomic mass is 10.1. The summed E-state index contributed by atoms with van der Waals surface area (Å²) in [5.41, 5.74) is 8.44. The van der Waals surface area contributed by atoms with Crippen molar-refractivity contribution in [1.82, 2.24) is 5.73 Å². The third-order valence-electron chi connectivity index (χ3n) is 2.99. The first-order valence-corrected chi connectivity index (χ1v) is 7.25. The van der Waals surface area contributed by atoms with E-state index >= 15 is 0 Å². The average Bonchev–Trinajstić information content (AvgIpc) is 2.53. The number of carbonyl (C=O) groups is 1. The summed E-state index contributed by atoms with van der Waals surface area (Å²) in [6.45, 7) is 0.179. The summed E-state index contributed by atoms with van der Waals surface area (Å²) in [4.78, 5) is 10.8. The van der Waals surface area contributed by atoms with Crippen LogP contribution in [0.4, 0.5) is 0 Å². The molecule has 0 aliphatic heterocycles. The second-order valence-electron chi connectivity index (χ2n) is 4.66. The van der Waals surface area contributed by atoms with Gasteiger partial charge in [-0.05, 0) is 29.8 Å². The number of nitrogens with one attached hydrogen (secondary N) is 1. The number of amides is 1. The van der Waals surface area contributed by atoms with E-state index in [0.717, 1.165) is 5.56 Å². The van der Waals surface area contributed by atoms with E-state index in [4.69, 9.17) is 26.8 Å². The minimum absolute atomic E-state index is 0.0446. The molecule has 0 fully saturated rings. The smallest absolute Gasteiger partial charge is 0.242 e. The highest BCUT2D eigenvalue weighted by atomic mass is 35.5. The molecule has 2 rings (SSSR count). The lowest BCUT2D eigenvalue weighted by Gasteiger charge is -2.09. The summed E-state index contributed by atoms with van der Waals surface area (Å²) in [6, 6.07) is 12.4. The van der Waals surface area contributed by atoms with E-state index in [1.165, 1.54) is 7.11 Å². The average molecular weight is 329 g/mol. The molecule has 0 heterocycles. The molecule has 0 saturated carbocycles. The molecule has 4 nitrogen and oxygen atoms in total. The molecular formula is C18H15ClNO3. The highest BCUT2D eigenvalue weighted by Gasteiger charge is 2.07. The van der Waals surface area contributed by atoms with Crippen molar-refractivity contribution < 1.29 is 14.3 Å². The van der Waals surface area contributed by atoms with Crippen LogP contribution in [0, 0.1) is 11.8 Å². The lowest BCUT2D eigenvalue weighted by Crippen LogP contribution is -2.03. The molecule has 1 radical (unpaired) electrons. The third-order valence-corrected chi connectivity index (χ3v) is 3.32. The third kappa shape index (κ3) is 4.94. The summed E-state index contributed by atoms with van der Waals surface area (Å²) < 4.78 is 10.8. The van der Waals surface area contributed by atoms with E-state index < -0.39 is 5.91 Å². The maximum atomic E-state index is 10.8. The van der Waals surface area contributed by atoms with Crippen LogP contribution in [0.5, 0.6) is 11.5 Å². The highest BCUT2D eigenvalue weighted by Crippen LogP contribution is 2.28. The van der Waals surface area contributed by atoms with Crippen LogP contribution < -0.4 is 15.2 Å². The molecule has 0 spiro atoms. The molecule has 0 aliphatic rings. The van der Waals surface area contributed by atoms with Crippen LogP contribution in [0.15, 0.2) is 42.5 Å². The zero-order chi connectivity index (χ0) is 16.7. The van der Waals surface area contributed by atoms with Gasteiger partial charge in [0, 0.05) is 5.56 Å². The molecule has 5 heteroatoms. The first kappa shape index (κ1) is 16.7. The fourth-order valence-electron chi connectivity index (χ4n) is 1.93. The molecule has 2 aromatic rings. The topological polar surface area (TPSA) is 59.3 Å². The van der Waals surface area contributed by atoms with Crippen LogP contribution in [0.25, 0.3) is 0 Å². The standard InChI is InChI=1S/C18H15ClNO3/c1-22-17-11-13(12-18(20)21)8-9-16(17)23-10-4-6-14-5-2-3-7-15(14)19/h2-3,5,7-9,11,20H,10,12H2,1H3. The van der Waals surface area contributed by atoms with Crippen LogP contribution in [-0.2, 0) is 11.2 Å². The van der Waals surface area contributed by atoms with Gasteiger partial charge in [0.15, 0.2) is 11.5 Å². The molecule has 0 atom stereocenters. The summed E-state index contributed by atoms with van der Waals surface area (Å²) in [6.07, 6.45) is 0.0446. The van der Waals surface area contributed by atoms with Crippen molar-refractivity contribution >= 4 is 17.5 Å². The first-order valence-electron chi connectivity index (χ1n) is 6.87. The predicted molar refractivity (Wildman–Crippen MR) is 88.6 cm³/mol. The zero-order valence-corrected chi connectivity index (χ0v) is 13.3. The molecular weight excluding hydrogens is 314 g/mol. The van der Waals surface area contributed by atoms with Gasteiger partial charge in [-0.3, -0.25) is 10.5 Å². The second kappa shape index (κ2) is 8.11. The summed E-state index contributed by atoms with van der Waals surface area (Å²) in [5.74, 6) is 6.22. The van der Waals surface area contributed by atoms with Gasteiger partial charge in [-0.25, -0.2) is 0 Å². The lowest BCUT2D eigenvalue weighted by molar-refractivity contribution is -0.118. The molecule has 1 amide bonds. The molecule has 117 valence electrons. The Hall–Kier alpha value is -2.64. The minimum atomic E-state index is -0.647. The van der Waals surface area contributed by atoms with Gasteiger partial charge < -0.3 is 9.47 Å². The quantitative estimate of drug-likeness (QED) is 0.792. The van der Waals surface area contributed by atoms with Crippen LogP contribution in [-0.4, -0.2) is 19.6 Å². The number of carbonyl (C=O) groups excluding carboxylic acids is 1. The number of hydrogen-bond acceptors (Lipinski definition) is 3. The van der Waals surface area contributed by atoms with Crippen molar-refractivity contribution in [3.63, 3.8) is 0 Å². The van der Waals surface area contributed by atoms with Crippen LogP contribution in [0.3, 0.4) is 0 Å². The maximum Gasteiger partial charge on any atom is 0.242 e. The Morgan fingerprint density at radius 3 is 2.70 bits per heavy atom. The Kier molecular flexibility index (Phi) is 5.90. The van der Waals surface area contributed by atoms with E-state index in [-0.39, 0.29) is 13.0 Å². The van der Waals surface area contributed by atoms with Gasteiger partial charge in [0.05, 0.1) is 18.6 Å². The molecule has 0 aliphatic carbocycles. The van der Waals surface area contributed by atoms with Gasteiger partial charge in [-0.2, -0.15) is 0 Å². The van der Waals surface area contributed by atoms with Crippen molar-refractivity contribution in [3.8, 4) is 23.3 Å². The number of methoxy groups -OCH3 is 1. The molecule has 0 unspecified atom stereocenters. The SMILES string of the molecule is COc1cc(CC([NH])=O)ccc1OCC#Cc1ccccc1Cl. The minimum Gasteiger partial charge on any atom is -0.493 e. The summed E-state index contributed by atoms with van der Waals surface area (Å²) in [5, 5.41) is 0.599. The normalized spacial score (nSPS) is 9.65. The maximum absolute atomic E-state index is 10.8. The molecule has 1 N–H and O–H groups in total. The van der Waals surface area contributed by atoms with E-state index in [2.05, 4.69) is 11.8 Å². The monoisotopic (exact) mass is 328 g/mol. The van der Waals surface area contributed by atoms with Crippen molar-refractivity contribution in [3.05, 3.63) is 58.6 Å². The van der Waals surface area contributed by atoms with Crippen molar-refractivity contribution in [1.29, 1.82) is 0 Å². The summed E-state index contributed by atoms with van der Waals surface area (Å²) in [7, 11) is 1.52. The zero-order valence-electron chi connectivity index (χ0n) is 12.6.